The van der Waals surface area contributed by atoms with Crippen LogP contribution in [-0.2, 0) is 9.47 Å². The lowest BCUT2D eigenvalue weighted by Gasteiger charge is -2.22. The Hall–Kier alpha value is -0.120. The Kier molecular flexibility index (Phi) is 3.10. The van der Waals surface area contributed by atoms with Gasteiger partial charge in [-0.15, -0.1) is 0 Å². The number of rotatable bonds is 3. The van der Waals surface area contributed by atoms with Crippen LogP contribution in [0.4, 0.5) is 0 Å². The van der Waals surface area contributed by atoms with Crippen molar-refractivity contribution < 1.29 is 9.47 Å². The molecule has 0 bridgehead atoms. The molecule has 2 saturated heterocycles. The quantitative estimate of drug-likeness (QED) is 0.742. The molecule has 0 spiro atoms. The zero-order chi connectivity index (χ0) is 10.1. The van der Waals surface area contributed by atoms with E-state index in [-0.39, 0.29) is 18.2 Å². The van der Waals surface area contributed by atoms with Gasteiger partial charge in [0.1, 0.15) is 6.10 Å². The monoisotopic (exact) mass is 199 g/mol. The topological polar surface area (TPSA) is 44.5 Å². The number of nitrogens with two attached hydrogens (primary N) is 1. The first kappa shape index (κ1) is 10.4. The van der Waals surface area contributed by atoms with E-state index in [1.165, 1.54) is 12.8 Å². The van der Waals surface area contributed by atoms with E-state index in [1.54, 1.807) is 0 Å². The lowest BCUT2D eigenvalue weighted by atomic mass is 9.86. The average molecular weight is 199 g/mol. The number of hydrogen-bond donors (Lipinski definition) is 1. The van der Waals surface area contributed by atoms with Crippen molar-refractivity contribution in [3.05, 3.63) is 0 Å². The molecule has 2 aliphatic heterocycles. The SMILES string of the molecule is CCCC(C)C1COC2C(N)COC12. The van der Waals surface area contributed by atoms with Gasteiger partial charge in [0, 0.05) is 5.92 Å². The van der Waals surface area contributed by atoms with Crippen LogP contribution < -0.4 is 5.73 Å². The van der Waals surface area contributed by atoms with E-state index < -0.39 is 0 Å². The second-order valence-corrected chi connectivity index (χ2v) is 4.69. The van der Waals surface area contributed by atoms with Crippen LogP contribution in [0, 0.1) is 11.8 Å². The molecule has 5 unspecified atom stereocenters. The van der Waals surface area contributed by atoms with E-state index in [0.717, 1.165) is 6.61 Å². The van der Waals surface area contributed by atoms with Crippen LogP contribution in [0.3, 0.4) is 0 Å². The highest BCUT2D eigenvalue weighted by Crippen LogP contribution is 2.36. The molecule has 0 aromatic carbocycles. The lowest BCUT2D eigenvalue weighted by molar-refractivity contribution is 0.0519. The molecule has 2 rings (SSSR count). The predicted molar refractivity (Wildman–Crippen MR) is 55.0 cm³/mol. The number of hydrogen-bond acceptors (Lipinski definition) is 3. The molecule has 82 valence electrons. The van der Waals surface area contributed by atoms with Crippen molar-refractivity contribution in [2.45, 2.75) is 44.9 Å². The Labute approximate surface area is 85.9 Å². The summed E-state index contributed by atoms with van der Waals surface area (Å²) in [5.41, 5.74) is 5.91. The van der Waals surface area contributed by atoms with Crippen LogP contribution >= 0.6 is 0 Å². The third-order valence-corrected chi connectivity index (χ3v) is 3.60. The highest BCUT2D eigenvalue weighted by molar-refractivity contribution is 4.97. The average Bonchev–Trinajstić information content (AvgIpc) is 2.69. The van der Waals surface area contributed by atoms with Crippen molar-refractivity contribution in [1.29, 1.82) is 0 Å². The van der Waals surface area contributed by atoms with Gasteiger partial charge in [0.25, 0.3) is 0 Å². The number of ether oxygens (including phenoxy) is 2. The van der Waals surface area contributed by atoms with Crippen molar-refractivity contribution in [3.63, 3.8) is 0 Å². The molecule has 14 heavy (non-hydrogen) atoms. The third kappa shape index (κ3) is 1.69. The van der Waals surface area contributed by atoms with E-state index >= 15 is 0 Å². The molecule has 2 heterocycles. The molecule has 0 aromatic rings. The summed E-state index contributed by atoms with van der Waals surface area (Å²) in [5, 5.41) is 0. The first-order chi connectivity index (χ1) is 6.74. The van der Waals surface area contributed by atoms with Crippen LogP contribution in [0.2, 0.25) is 0 Å². The second kappa shape index (κ2) is 4.17. The summed E-state index contributed by atoms with van der Waals surface area (Å²) in [6.07, 6.45) is 2.93. The largest absolute Gasteiger partial charge is 0.373 e. The maximum absolute atomic E-state index is 5.91. The van der Waals surface area contributed by atoms with Crippen LogP contribution in [0.1, 0.15) is 26.7 Å². The summed E-state index contributed by atoms with van der Waals surface area (Å²) in [4.78, 5) is 0. The highest BCUT2D eigenvalue weighted by atomic mass is 16.6. The van der Waals surface area contributed by atoms with Crippen molar-refractivity contribution in [1.82, 2.24) is 0 Å². The molecule has 0 radical (unpaired) electrons. The summed E-state index contributed by atoms with van der Waals surface area (Å²) < 4.78 is 11.4. The van der Waals surface area contributed by atoms with Crippen molar-refractivity contribution in [3.8, 4) is 0 Å². The minimum Gasteiger partial charge on any atom is -0.373 e. The van der Waals surface area contributed by atoms with Gasteiger partial charge in [-0.2, -0.15) is 0 Å². The Balaban J connectivity index is 1.96. The lowest BCUT2D eigenvalue weighted by Crippen LogP contribution is -2.36. The minimum atomic E-state index is 0.0961. The van der Waals surface area contributed by atoms with Crippen molar-refractivity contribution >= 4 is 0 Å². The Morgan fingerprint density at radius 1 is 1.29 bits per heavy atom. The van der Waals surface area contributed by atoms with Gasteiger partial charge in [0.05, 0.1) is 25.4 Å². The molecule has 5 atom stereocenters. The number of fused-ring (bicyclic) bond motifs is 1. The van der Waals surface area contributed by atoms with Crippen molar-refractivity contribution in [2.24, 2.45) is 17.6 Å². The predicted octanol–water partition coefficient (Wildman–Crippen LogP) is 1.16. The summed E-state index contributed by atoms with van der Waals surface area (Å²) in [6, 6.07) is 0.0961. The van der Waals surface area contributed by atoms with E-state index in [1.807, 2.05) is 0 Å². The highest BCUT2D eigenvalue weighted by Gasteiger charge is 2.47. The van der Waals surface area contributed by atoms with Gasteiger partial charge < -0.3 is 15.2 Å². The van der Waals surface area contributed by atoms with E-state index in [2.05, 4.69) is 13.8 Å². The van der Waals surface area contributed by atoms with Gasteiger partial charge in [-0.3, -0.25) is 0 Å². The molecule has 3 heteroatoms. The summed E-state index contributed by atoms with van der Waals surface area (Å²) >= 11 is 0. The minimum absolute atomic E-state index is 0.0961. The molecule has 0 aromatic heterocycles. The maximum Gasteiger partial charge on any atom is 0.101 e. The molecule has 2 aliphatic rings. The molecule has 3 nitrogen and oxygen atoms in total. The molecule has 0 saturated carbocycles. The van der Waals surface area contributed by atoms with Crippen LogP contribution in [0.5, 0.6) is 0 Å². The smallest absolute Gasteiger partial charge is 0.101 e. The zero-order valence-corrected chi connectivity index (χ0v) is 9.11. The molecule has 0 aliphatic carbocycles. The second-order valence-electron chi connectivity index (χ2n) is 4.69. The fourth-order valence-electron chi connectivity index (χ4n) is 2.72. The van der Waals surface area contributed by atoms with E-state index in [0.29, 0.717) is 18.4 Å². The first-order valence-corrected chi connectivity index (χ1v) is 5.72. The zero-order valence-electron chi connectivity index (χ0n) is 9.11. The third-order valence-electron chi connectivity index (χ3n) is 3.60. The molecule has 0 amide bonds. The van der Waals surface area contributed by atoms with Gasteiger partial charge in [0.2, 0.25) is 0 Å². The maximum atomic E-state index is 5.91. The van der Waals surface area contributed by atoms with E-state index in [9.17, 15) is 0 Å². The molecular weight excluding hydrogens is 178 g/mol. The van der Waals surface area contributed by atoms with Gasteiger partial charge in [-0.1, -0.05) is 26.7 Å². The van der Waals surface area contributed by atoms with Crippen LogP contribution in [-0.4, -0.2) is 31.5 Å². The van der Waals surface area contributed by atoms with Crippen molar-refractivity contribution in [2.75, 3.05) is 13.2 Å². The Morgan fingerprint density at radius 2 is 2.00 bits per heavy atom. The van der Waals surface area contributed by atoms with Gasteiger partial charge in [-0.25, -0.2) is 0 Å². The standard InChI is InChI=1S/C11H21NO2/c1-3-4-7(2)8-5-13-11-9(12)6-14-10(8)11/h7-11H,3-6,12H2,1-2H3. The summed E-state index contributed by atoms with van der Waals surface area (Å²) in [5.74, 6) is 1.26. The van der Waals surface area contributed by atoms with E-state index in [4.69, 9.17) is 15.2 Å². The van der Waals surface area contributed by atoms with Crippen LogP contribution in [0.25, 0.3) is 0 Å². The van der Waals surface area contributed by atoms with Crippen LogP contribution in [0.15, 0.2) is 0 Å². The fraction of sp³-hybridized carbons (Fsp3) is 1.00. The van der Waals surface area contributed by atoms with Gasteiger partial charge in [0.15, 0.2) is 0 Å². The molecule has 2 N–H and O–H groups in total. The Bertz CT molecular complexity index is 198. The van der Waals surface area contributed by atoms with Gasteiger partial charge >= 0.3 is 0 Å². The summed E-state index contributed by atoms with van der Waals surface area (Å²) in [6.45, 7) is 6.03. The molecular formula is C11H21NO2. The Morgan fingerprint density at radius 3 is 2.71 bits per heavy atom. The fourth-order valence-corrected chi connectivity index (χ4v) is 2.72. The molecule has 2 fully saturated rings. The summed E-state index contributed by atoms with van der Waals surface area (Å²) in [7, 11) is 0. The normalized spacial score (nSPS) is 43.9. The first-order valence-electron chi connectivity index (χ1n) is 5.72. The van der Waals surface area contributed by atoms with Gasteiger partial charge in [-0.05, 0) is 5.92 Å².